The normalized spacial score (nSPS) is 16.7. The molecule has 0 bridgehead atoms. The summed E-state index contributed by atoms with van der Waals surface area (Å²) in [6.45, 7) is 11.0. The molecular weight excluding hydrogens is 519 g/mol. The monoisotopic (exact) mass is 552 g/mol. The maximum Gasteiger partial charge on any atom is 0.191 e. The van der Waals surface area contributed by atoms with E-state index in [1.54, 1.807) is 7.11 Å². The Morgan fingerprint density at radius 1 is 1.26 bits per heavy atom. The summed E-state index contributed by atoms with van der Waals surface area (Å²) in [5.41, 5.74) is 1.13. The molecule has 1 heterocycles. The number of ether oxygens (including phenoxy) is 1. The molecule has 0 aromatic heterocycles. The Bertz CT molecular complexity index is 572. The first-order valence-electron chi connectivity index (χ1n) is 9.48. The Morgan fingerprint density at radius 2 is 1.89 bits per heavy atom. The molecule has 2 rings (SSSR count). The van der Waals surface area contributed by atoms with E-state index in [2.05, 4.69) is 76.5 Å². The molecule has 1 saturated heterocycles. The average Bonchev–Trinajstić information content (AvgIpc) is 2.63. The number of nitrogens with one attached hydrogen (secondary N) is 2. The van der Waals surface area contributed by atoms with Crippen LogP contribution in [-0.2, 0) is 11.3 Å². The van der Waals surface area contributed by atoms with Crippen molar-refractivity contribution < 1.29 is 4.74 Å². The molecule has 0 saturated carbocycles. The SMILES string of the molecule is CCNC(=NCC(C)(C)OC)NC1CCN(Cc2ccc(Br)cc2)CC1.I. The smallest absolute Gasteiger partial charge is 0.191 e. The van der Waals surface area contributed by atoms with Gasteiger partial charge in [0.1, 0.15) is 0 Å². The molecule has 0 spiro atoms. The number of halogens is 2. The molecule has 0 unspecified atom stereocenters. The van der Waals surface area contributed by atoms with E-state index in [1.807, 2.05) is 0 Å². The highest BCUT2D eigenvalue weighted by Gasteiger charge is 2.21. The lowest BCUT2D eigenvalue weighted by molar-refractivity contribution is 0.0310. The minimum Gasteiger partial charge on any atom is -0.377 e. The summed E-state index contributed by atoms with van der Waals surface area (Å²) in [6.07, 6.45) is 2.27. The zero-order valence-corrected chi connectivity index (χ0v) is 20.8. The van der Waals surface area contributed by atoms with Crippen LogP contribution in [0.5, 0.6) is 0 Å². The summed E-state index contributed by atoms with van der Waals surface area (Å²) in [5.74, 6) is 0.893. The second kappa shape index (κ2) is 12.2. The van der Waals surface area contributed by atoms with Crippen LogP contribution >= 0.6 is 39.9 Å². The van der Waals surface area contributed by atoms with Crippen LogP contribution < -0.4 is 10.6 Å². The van der Waals surface area contributed by atoms with E-state index in [0.29, 0.717) is 12.6 Å². The summed E-state index contributed by atoms with van der Waals surface area (Å²) in [6, 6.07) is 9.10. The van der Waals surface area contributed by atoms with Crippen molar-refractivity contribution in [2.75, 3.05) is 33.3 Å². The summed E-state index contributed by atoms with van der Waals surface area (Å²) in [4.78, 5) is 7.22. The number of hydrogen-bond donors (Lipinski definition) is 2. The zero-order chi connectivity index (χ0) is 19.0. The van der Waals surface area contributed by atoms with E-state index >= 15 is 0 Å². The molecule has 1 aromatic carbocycles. The van der Waals surface area contributed by atoms with Crippen LogP contribution in [-0.4, -0.2) is 55.8 Å². The van der Waals surface area contributed by atoms with Crippen LogP contribution in [0.2, 0.25) is 0 Å². The van der Waals surface area contributed by atoms with Crippen LogP contribution in [0.25, 0.3) is 0 Å². The van der Waals surface area contributed by atoms with Gasteiger partial charge in [-0.3, -0.25) is 9.89 Å². The van der Waals surface area contributed by atoms with E-state index in [9.17, 15) is 0 Å². The lowest BCUT2D eigenvalue weighted by Crippen LogP contribution is -2.49. The van der Waals surface area contributed by atoms with E-state index in [0.717, 1.165) is 49.5 Å². The van der Waals surface area contributed by atoms with Gasteiger partial charge >= 0.3 is 0 Å². The Kier molecular flexibility index (Phi) is 11.2. The number of piperidine rings is 1. The van der Waals surface area contributed by atoms with Gasteiger partial charge in [0.25, 0.3) is 0 Å². The second-order valence-corrected chi connectivity index (χ2v) is 8.40. The van der Waals surface area contributed by atoms with Crippen molar-refractivity contribution in [1.82, 2.24) is 15.5 Å². The van der Waals surface area contributed by atoms with E-state index in [4.69, 9.17) is 9.73 Å². The maximum absolute atomic E-state index is 5.46. The van der Waals surface area contributed by atoms with Gasteiger partial charge in [-0.25, -0.2) is 0 Å². The lowest BCUT2D eigenvalue weighted by atomic mass is 10.0. The van der Waals surface area contributed by atoms with Crippen LogP contribution in [0.3, 0.4) is 0 Å². The summed E-state index contributed by atoms with van der Waals surface area (Å²) in [7, 11) is 1.73. The second-order valence-electron chi connectivity index (χ2n) is 7.48. The number of nitrogens with zero attached hydrogens (tertiary/aromatic N) is 2. The quantitative estimate of drug-likeness (QED) is 0.305. The molecule has 1 aliphatic rings. The third kappa shape index (κ3) is 9.11. The number of methoxy groups -OCH3 is 1. The van der Waals surface area contributed by atoms with Gasteiger partial charge in [0.05, 0.1) is 12.1 Å². The van der Waals surface area contributed by atoms with E-state index in [1.165, 1.54) is 5.56 Å². The fraction of sp³-hybridized carbons (Fsp3) is 0.650. The highest BCUT2D eigenvalue weighted by molar-refractivity contribution is 14.0. The molecular formula is C20H34BrIN4O. The van der Waals surface area contributed by atoms with Crippen molar-refractivity contribution in [2.24, 2.45) is 4.99 Å². The molecule has 0 radical (unpaired) electrons. The summed E-state index contributed by atoms with van der Waals surface area (Å²) >= 11 is 3.50. The topological polar surface area (TPSA) is 48.9 Å². The van der Waals surface area contributed by atoms with Crippen molar-refractivity contribution in [3.8, 4) is 0 Å². The first-order valence-corrected chi connectivity index (χ1v) is 10.3. The lowest BCUT2D eigenvalue weighted by Gasteiger charge is -2.33. The highest BCUT2D eigenvalue weighted by Crippen LogP contribution is 2.16. The van der Waals surface area contributed by atoms with Gasteiger partial charge in [-0.15, -0.1) is 24.0 Å². The van der Waals surface area contributed by atoms with Crippen molar-refractivity contribution in [3.05, 3.63) is 34.3 Å². The molecule has 5 nitrogen and oxygen atoms in total. The fourth-order valence-electron chi connectivity index (χ4n) is 2.93. The van der Waals surface area contributed by atoms with Gasteiger partial charge in [0.15, 0.2) is 5.96 Å². The van der Waals surface area contributed by atoms with Gasteiger partial charge in [0.2, 0.25) is 0 Å². The first-order chi connectivity index (χ1) is 12.4. The average molecular weight is 553 g/mol. The van der Waals surface area contributed by atoms with Crippen LogP contribution in [0.15, 0.2) is 33.7 Å². The number of benzene rings is 1. The molecule has 1 fully saturated rings. The van der Waals surface area contributed by atoms with E-state index < -0.39 is 0 Å². The van der Waals surface area contributed by atoms with Gasteiger partial charge in [-0.05, 0) is 51.3 Å². The third-order valence-corrected chi connectivity index (χ3v) is 5.29. The number of aliphatic imine (C=N–C) groups is 1. The Labute approximate surface area is 189 Å². The molecule has 1 aliphatic heterocycles. The molecule has 0 aliphatic carbocycles. The minimum atomic E-state index is -0.240. The zero-order valence-electron chi connectivity index (χ0n) is 16.9. The van der Waals surface area contributed by atoms with Crippen molar-refractivity contribution >= 4 is 45.9 Å². The molecule has 7 heteroatoms. The molecule has 1 aromatic rings. The molecule has 154 valence electrons. The summed E-state index contributed by atoms with van der Waals surface area (Å²) in [5, 5.41) is 6.94. The van der Waals surface area contributed by atoms with Crippen molar-refractivity contribution in [3.63, 3.8) is 0 Å². The predicted octanol–water partition coefficient (Wildman–Crippen LogP) is 4.01. The molecule has 0 atom stereocenters. The first kappa shape index (κ1) is 24.7. The minimum absolute atomic E-state index is 0. The molecule has 0 amide bonds. The maximum atomic E-state index is 5.46. The Morgan fingerprint density at radius 3 is 2.44 bits per heavy atom. The predicted molar refractivity (Wildman–Crippen MR) is 128 cm³/mol. The van der Waals surface area contributed by atoms with Crippen molar-refractivity contribution in [2.45, 2.75) is 51.8 Å². The Hall–Kier alpha value is -0.380. The number of rotatable bonds is 7. The number of guanidine groups is 1. The number of hydrogen-bond acceptors (Lipinski definition) is 3. The highest BCUT2D eigenvalue weighted by atomic mass is 127. The molecule has 2 N–H and O–H groups in total. The van der Waals surface area contributed by atoms with Gasteiger partial charge in [-0.2, -0.15) is 0 Å². The number of likely N-dealkylation sites (tertiary alicyclic amines) is 1. The van der Waals surface area contributed by atoms with Crippen LogP contribution in [0.1, 0.15) is 39.2 Å². The van der Waals surface area contributed by atoms with Crippen LogP contribution in [0.4, 0.5) is 0 Å². The third-order valence-electron chi connectivity index (χ3n) is 4.76. The van der Waals surface area contributed by atoms with Crippen LogP contribution in [0, 0.1) is 0 Å². The largest absolute Gasteiger partial charge is 0.377 e. The van der Waals surface area contributed by atoms with Gasteiger partial charge < -0.3 is 15.4 Å². The fourth-order valence-corrected chi connectivity index (χ4v) is 3.20. The van der Waals surface area contributed by atoms with Crippen molar-refractivity contribution in [1.29, 1.82) is 0 Å². The standard InChI is InChI=1S/C20H33BrN4O.HI/c1-5-22-19(23-15-20(2,3)26-4)24-18-10-12-25(13-11-18)14-16-6-8-17(21)9-7-16;/h6-9,18H,5,10-15H2,1-4H3,(H2,22,23,24);1H. The van der Waals surface area contributed by atoms with E-state index in [-0.39, 0.29) is 29.6 Å². The van der Waals surface area contributed by atoms with Gasteiger partial charge in [0, 0.05) is 43.8 Å². The summed E-state index contributed by atoms with van der Waals surface area (Å²) < 4.78 is 6.60. The Balaban J connectivity index is 0.00000364. The van der Waals surface area contributed by atoms with Gasteiger partial charge in [-0.1, -0.05) is 28.1 Å². The molecule has 27 heavy (non-hydrogen) atoms.